The predicted molar refractivity (Wildman–Crippen MR) is 100 cm³/mol. The molecule has 0 bridgehead atoms. The van der Waals surface area contributed by atoms with Crippen molar-refractivity contribution in [3.8, 4) is 0 Å². The molecule has 24 heavy (non-hydrogen) atoms. The van der Waals surface area contributed by atoms with Crippen LogP contribution >= 0.6 is 33.9 Å². The molecular weight excluding hydrogens is 441 g/mol. The molecule has 7 heteroatoms. The van der Waals surface area contributed by atoms with Crippen LogP contribution < -0.4 is 5.32 Å². The van der Waals surface area contributed by atoms with Crippen molar-refractivity contribution < 1.29 is 19.1 Å². The van der Waals surface area contributed by atoms with Crippen LogP contribution in [0.1, 0.15) is 38.8 Å². The number of carbonyl (C=O) groups is 3. The summed E-state index contributed by atoms with van der Waals surface area (Å²) in [5.41, 5.74) is 0.416. The van der Waals surface area contributed by atoms with E-state index in [1.165, 1.54) is 18.3 Å². The predicted octanol–water partition coefficient (Wildman–Crippen LogP) is 3.42. The molecule has 1 unspecified atom stereocenters. The first kappa shape index (κ1) is 18.6. The van der Waals surface area contributed by atoms with Crippen LogP contribution in [-0.2, 0) is 16.1 Å². The first-order chi connectivity index (χ1) is 11.4. The lowest BCUT2D eigenvalue weighted by molar-refractivity contribution is -0.119. The van der Waals surface area contributed by atoms with Crippen molar-refractivity contribution >= 4 is 51.6 Å². The number of rotatable bonds is 6. The van der Waals surface area contributed by atoms with Crippen LogP contribution in [0.15, 0.2) is 36.4 Å². The average Bonchev–Trinajstić information content (AvgIpc) is 3.01. The lowest BCUT2D eigenvalue weighted by atomic mass is 10.2. The second-order valence-electron chi connectivity index (χ2n) is 5.10. The van der Waals surface area contributed by atoms with Crippen molar-refractivity contribution in [1.82, 2.24) is 5.32 Å². The molecule has 0 radical (unpaired) electrons. The molecule has 0 aliphatic rings. The Kier molecular flexibility index (Phi) is 6.50. The van der Waals surface area contributed by atoms with E-state index in [1.807, 2.05) is 6.07 Å². The minimum Gasteiger partial charge on any atom is -0.451 e. The van der Waals surface area contributed by atoms with E-state index in [2.05, 4.69) is 27.9 Å². The first-order valence-electron chi connectivity index (χ1n) is 7.20. The van der Waals surface area contributed by atoms with Crippen molar-refractivity contribution in [2.24, 2.45) is 0 Å². The Hall–Kier alpha value is -1.74. The number of ether oxygens (including phenoxy) is 1. The standard InChI is InChI=1S/C17H16INO4S/c1-10(23-17(22)12-4-3-5-13(18)8-12)16(21)15-7-6-14(24-15)9-19-11(2)20/h3-8,10H,9H2,1-2H3,(H,19,20). The number of hydrogen-bond donors (Lipinski definition) is 1. The fraction of sp³-hybridized carbons (Fsp3) is 0.235. The van der Waals surface area contributed by atoms with Gasteiger partial charge in [-0.3, -0.25) is 9.59 Å². The van der Waals surface area contributed by atoms with Gasteiger partial charge in [-0.25, -0.2) is 4.79 Å². The summed E-state index contributed by atoms with van der Waals surface area (Å²) in [7, 11) is 0. The van der Waals surface area contributed by atoms with E-state index in [0.717, 1.165) is 8.45 Å². The molecule has 1 aromatic carbocycles. The van der Waals surface area contributed by atoms with Gasteiger partial charge in [-0.05, 0) is 59.8 Å². The molecule has 1 N–H and O–H groups in total. The first-order valence-corrected chi connectivity index (χ1v) is 9.10. The highest BCUT2D eigenvalue weighted by Gasteiger charge is 2.22. The maximum atomic E-state index is 12.4. The molecule has 5 nitrogen and oxygen atoms in total. The topological polar surface area (TPSA) is 72.5 Å². The van der Waals surface area contributed by atoms with Gasteiger partial charge < -0.3 is 10.1 Å². The lowest BCUT2D eigenvalue weighted by Gasteiger charge is -2.11. The highest BCUT2D eigenvalue weighted by atomic mass is 127. The summed E-state index contributed by atoms with van der Waals surface area (Å²) in [6, 6.07) is 10.4. The van der Waals surface area contributed by atoms with Gasteiger partial charge in [-0.2, -0.15) is 0 Å². The van der Waals surface area contributed by atoms with Gasteiger partial charge in [-0.15, -0.1) is 11.3 Å². The summed E-state index contributed by atoms with van der Waals surface area (Å²) in [6.07, 6.45) is -0.873. The fourth-order valence-electron chi connectivity index (χ4n) is 1.91. The zero-order valence-corrected chi connectivity index (χ0v) is 16.1. The van der Waals surface area contributed by atoms with Crippen molar-refractivity contribution in [3.63, 3.8) is 0 Å². The Balaban J connectivity index is 1.99. The lowest BCUT2D eigenvalue weighted by Crippen LogP contribution is -2.23. The quantitative estimate of drug-likeness (QED) is 0.410. The Morgan fingerprint density at radius 3 is 2.67 bits per heavy atom. The number of esters is 1. The van der Waals surface area contributed by atoms with E-state index in [0.29, 0.717) is 17.0 Å². The summed E-state index contributed by atoms with van der Waals surface area (Å²) in [4.78, 5) is 36.8. The Bertz CT molecular complexity index is 771. The van der Waals surface area contributed by atoms with Crippen LogP contribution in [0.5, 0.6) is 0 Å². The summed E-state index contributed by atoms with van der Waals surface area (Å²) in [6.45, 7) is 3.37. The van der Waals surface area contributed by atoms with Crippen LogP contribution in [0, 0.1) is 3.57 Å². The highest BCUT2D eigenvalue weighted by Crippen LogP contribution is 2.20. The van der Waals surface area contributed by atoms with E-state index in [9.17, 15) is 14.4 Å². The van der Waals surface area contributed by atoms with Crippen molar-refractivity contribution in [2.45, 2.75) is 26.5 Å². The summed E-state index contributed by atoms with van der Waals surface area (Å²) < 4.78 is 6.18. The van der Waals surface area contributed by atoms with Gasteiger partial charge in [0.15, 0.2) is 6.10 Å². The number of amides is 1. The van der Waals surface area contributed by atoms with Gasteiger partial charge >= 0.3 is 5.97 Å². The van der Waals surface area contributed by atoms with Gasteiger partial charge in [0.05, 0.1) is 17.0 Å². The van der Waals surface area contributed by atoms with Crippen LogP contribution in [-0.4, -0.2) is 23.8 Å². The number of thiophene rings is 1. The second-order valence-corrected chi connectivity index (χ2v) is 7.51. The van der Waals surface area contributed by atoms with E-state index in [4.69, 9.17) is 4.74 Å². The summed E-state index contributed by atoms with van der Waals surface area (Å²) in [5, 5.41) is 2.68. The van der Waals surface area contributed by atoms with Gasteiger partial charge in [-0.1, -0.05) is 6.07 Å². The minimum absolute atomic E-state index is 0.129. The molecule has 0 saturated carbocycles. The molecule has 0 saturated heterocycles. The molecular formula is C17H16INO4S. The monoisotopic (exact) mass is 457 g/mol. The maximum Gasteiger partial charge on any atom is 0.338 e. The fourth-order valence-corrected chi connectivity index (χ4v) is 3.42. The summed E-state index contributed by atoms with van der Waals surface area (Å²) in [5.74, 6) is -0.909. The molecule has 0 fully saturated rings. The van der Waals surface area contributed by atoms with Crippen LogP contribution in [0.4, 0.5) is 0 Å². The Morgan fingerprint density at radius 1 is 1.25 bits per heavy atom. The third kappa shape index (κ3) is 5.13. The number of carbonyl (C=O) groups excluding carboxylic acids is 3. The van der Waals surface area contributed by atoms with Gasteiger partial charge in [0.25, 0.3) is 0 Å². The maximum absolute atomic E-state index is 12.4. The summed E-state index contributed by atoms with van der Waals surface area (Å²) >= 11 is 3.39. The SMILES string of the molecule is CC(=O)NCc1ccc(C(=O)C(C)OC(=O)c2cccc(I)c2)s1. The van der Waals surface area contributed by atoms with E-state index in [1.54, 1.807) is 37.3 Å². The van der Waals surface area contributed by atoms with Crippen molar-refractivity contribution in [2.75, 3.05) is 0 Å². The molecule has 0 spiro atoms. The number of ketones is 1. The number of benzene rings is 1. The van der Waals surface area contributed by atoms with E-state index >= 15 is 0 Å². The third-order valence-electron chi connectivity index (χ3n) is 3.13. The number of Topliss-reactive ketones (excluding diaryl/α,β-unsaturated/α-hetero) is 1. The zero-order chi connectivity index (χ0) is 17.7. The number of nitrogens with one attached hydrogen (secondary N) is 1. The minimum atomic E-state index is -0.873. The number of hydrogen-bond acceptors (Lipinski definition) is 5. The van der Waals surface area contributed by atoms with Gasteiger partial charge in [0.2, 0.25) is 11.7 Å². The molecule has 0 aliphatic carbocycles. The normalized spacial score (nSPS) is 11.6. The molecule has 1 atom stereocenters. The molecule has 1 heterocycles. The highest BCUT2D eigenvalue weighted by molar-refractivity contribution is 14.1. The zero-order valence-electron chi connectivity index (χ0n) is 13.2. The van der Waals surface area contributed by atoms with Crippen LogP contribution in [0.25, 0.3) is 0 Å². The molecule has 2 aromatic rings. The number of halogens is 1. The largest absolute Gasteiger partial charge is 0.451 e. The van der Waals surface area contributed by atoms with Crippen LogP contribution in [0.2, 0.25) is 0 Å². The van der Waals surface area contributed by atoms with Gasteiger partial charge in [0, 0.05) is 15.4 Å². The Labute approximate surface area is 157 Å². The molecule has 126 valence electrons. The second kappa shape index (κ2) is 8.39. The van der Waals surface area contributed by atoms with Crippen molar-refractivity contribution in [1.29, 1.82) is 0 Å². The van der Waals surface area contributed by atoms with E-state index < -0.39 is 12.1 Å². The van der Waals surface area contributed by atoms with Gasteiger partial charge in [0.1, 0.15) is 0 Å². The molecule has 0 aliphatic heterocycles. The molecule has 1 aromatic heterocycles. The van der Waals surface area contributed by atoms with E-state index in [-0.39, 0.29) is 11.7 Å². The third-order valence-corrected chi connectivity index (χ3v) is 4.90. The van der Waals surface area contributed by atoms with Crippen molar-refractivity contribution in [3.05, 3.63) is 55.3 Å². The average molecular weight is 457 g/mol. The molecule has 1 amide bonds. The molecule has 2 rings (SSSR count). The smallest absolute Gasteiger partial charge is 0.338 e. The van der Waals surface area contributed by atoms with Crippen LogP contribution in [0.3, 0.4) is 0 Å². The Morgan fingerprint density at radius 2 is 2.00 bits per heavy atom.